The largest absolute Gasteiger partial charge is 0.489 e. The molecule has 3 aromatic rings. The van der Waals surface area contributed by atoms with E-state index in [0.717, 1.165) is 11.1 Å². The summed E-state index contributed by atoms with van der Waals surface area (Å²) in [6.07, 6.45) is 1.09. The first-order valence-electron chi connectivity index (χ1n) is 15.6. The van der Waals surface area contributed by atoms with Crippen molar-refractivity contribution in [3.63, 3.8) is 0 Å². The first-order chi connectivity index (χ1) is 22.4. The standard InChI is InChI=1S/C37H41N3O7/c1-24(2)34-36(44)40(22-33(42)38-31(19-27-13-8-6-9-14-27)35(43)37(45)47-25(3)4)32(21-39(34)26(5)41)29-17-12-18-30(20-29)46-23-28-15-10-7-11-16-28/h6-18,20-21,24-25,31,34H,19,22-23H2,1-5H3,(H,38,42)/t31-,34+/m0/s1. The molecule has 1 N–H and O–H groups in total. The monoisotopic (exact) mass is 639 g/mol. The normalized spacial score (nSPS) is 15.3. The molecule has 0 spiro atoms. The van der Waals surface area contributed by atoms with Crippen LogP contribution in [0.25, 0.3) is 5.70 Å². The van der Waals surface area contributed by atoms with Gasteiger partial charge in [0.25, 0.3) is 11.7 Å². The molecule has 0 saturated heterocycles. The fraction of sp³-hybridized carbons (Fsp3) is 0.324. The van der Waals surface area contributed by atoms with E-state index in [0.29, 0.717) is 23.6 Å². The Hall–Kier alpha value is -5.25. The molecule has 0 radical (unpaired) electrons. The minimum atomic E-state index is -1.23. The summed E-state index contributed by atoms with van der Waals surface area (Å²) in [5.74, 6) is -3.14. The number of benzene rings is 3. The second kappa shape index (κ2) is 15.8. The van der Waals surface area contributed by atoms with Crippen LogP contribution in [-0.4, -0.2) is 64.0 Å². The van der Waals surface area contributed by atoms with Crippen molar-refractivity contribution in [3.05, 3.63) is 108 Å². The highest BCUT2D eigenvalue weighted by atomic mass is 16.5. The van der Waals surface area contributed by atoms with Gasteiger partial charge in [-0.1, -0.05) is 86.6 Å². The maximum absolute atomic E-state index is 14.1. The number of rotatable bonds is 13. The summed E-state index contributed by atoms with van der Waals surface area (Å²) in [6, 6.07) is 23.6. The van der Waals surface area contributed by atoms with Gasteiger partial charge in [-0.25, -0.2) is 4.79 Å². The Bertz CT molecular complexity index is 1620. The average molecular weight is 640 g/mol. The van der Waals surface area contributed by atoms with E-state index in [4.69, 9.17) is 9.47 Å². The zero-order valence-electron chi connectivity index (χ0n) is 27.3. The van der Waals surface area contributed by atoms with Crippen LogP contribution >= 0.6 is 0 Å². The molecular weight excluding hydrogens is 598 g/mol. The maximum atomic E-state index is 14.1. The number of Topliss-reactive ketones (excluding diaryl/α,β-unsaturated/α-hetero) is 1. The van der Waals surface area contributed by atoms with Crippen molar-refractivity contribution in [2.45, 2.75) is 65.8 Å². The van der Waals surface area contributed by atoms with Crippen LogP contribution in [0.15, 0.2) is 91.1 Å². The highest BCUT2D eigenvalue weighted by molar-refractivity contribution is 6.36. The summed E-state index contributed by atoms with van der Waals surface area (Å²) in [7, 11) is 0. The SMILES string of the molecule is CC(=O)N1C=C(c2cccc(OCc3ccccc3)c2)N(CC(=O)N[C@@H](Cc2ccccc2)C(=O)C(=O)OC(C)C)C(=O)[C@H]1C(C)C. The van der Waals surface area contributed by atoms with Crippen molar-refractivity contribution in [1.82, 2.24) is 15.1 Å². The Morgan fingerprint density at radius 3 is 2.09 bits per heavy atom. The van der Waals surface area contributed by atoms with Crippen LogP contribution in [0, 0.1) is 5.92 Å². The molecule has 246 valence electrons. The van der Waals surface area contributed by atoms with Crippen molar-refractivity contribution in [2.24, 2.45) is 5.92 Å². The van der Waals surface area contributed by atoms with Crippen LogP contribution in [0.2, 0.25) is 0 Å². The van der Waals surface area contributed by atoms with E-state index < -0.39 is 48.3 Å². The van der Waals surface area contributed by atoms with Crippen molar-refractivity contribution in [3.8, 4) is 5.75 Å². The second-order valence-corrected chi connectivity index (χ2v) is 12.0. The number of carbonyl (C=O) groups is 5. The van der Waals surface area contributed by atoms with Crippen molar-refractivity contribution >= 4 is 35.2 Å². The molecule has 0 saturated carbocycles. The topological polar surface area (TPSA) is 122 Å². The van der Waals surface area contributed by atoms with Gasteiger partial charge in [0, 0.05) is 25.1 Å². The van der Waals surface area contributed by atoms with Crippen molar-refractivity contribution in [1.29, 1.82) is 0 Å². The fourth-order valence-electron chi connectivity index (χ4n) is 5.31. The number of carbonyl (C=O) groups excluding carboxylic acids is 5. The molecule has 0 aromatic heterocycles. The number of esters is 1. The number of ketones is 1. The molecule has 10 heteroatoms. The number of ether oxygens (including phenoxy) is 2. The molecule has 10 nitrogen and oxygen atoms in total. The van der Waals surface area contributed by atoms with Crippen LogP contribution in [0.4, 0.5) is 0 Å². The number of hydrogen-bond donors (Lipinski definition) is 1. The van der Waals surface area contributed by atoms with Crippen LogP contribution in [0.1, 0.15) is 51.3 Å². The molecule has 0 aliphatic carbocycles. The molecule has 4 rings (SSSR count). The quantitative estimate of drug-likeness (QED) is 0.216. The molecule has 1 heterocycles. The predicted molar refractivity (Wildman–Crippen MR) is 176 cm³/mol. The van der Waals surface area contributed by atoms with Gasteiger partial charge >= 0.3 is 5.97 Å². The number of hydrogen-bond acceptors (Lipinski definition) is 7. The molecule has 0 unspecified atom stereocenters. The van der Waals surface area contributed by atoms with Gasteiger partial charge in [-0.2, -0.15) is 0 Å². The smallest absolute Gasteiger partial charge is 0.377 e. The summed E-state index contributed by atoms with van der Waals surface area (Å²) in [4.78, 5) is 69.0. The Morgan fingerprint density at radius 1 is 0.851 bits per heavy atom. The third-order valence-electron chi connectivity index (χ3n) is 7.52. The lowest BCUT2D eigenvalue weighted by Crippen LogP contribution is -2.57. The highest BCUT2D eigenvalue weighted by Crippen LogP contribution is 2.31. The average Bonchev–Trinajstić information content (AvgIpc) is 3.04. The highest BCUT2D eigenvalue weighted by Gasteiger charge is 2.40. The van der Waals surface area contributed by atoms with Crippen molar-refractivity contribution in [2.75, 3.05) is 6.54 Å². The van der Waals surface area contributed by atoms with Gasteiger partial charge in [-0.3, -0.25) is 24.1 Å². The van der Waals surface area contributed by atoms with Gasteiger partial charge in [0.2, 0.25) is 11.8 Å². The van der Waals surface area contributed by atoms with Gasteiger partial charge in [-0.15, -0.1) is 0 Å². The maximum Gasteiger partial charge on any atom is 0.377 e. The molecular formula is C37H41N3O7. The van der Waals surface area contributed by atoms with E-state index in [9.17, 15) is 24.0 Å². The third kappa shape index (κ3) is 9.16. The molecule has 0 fully saturated rings. The summed E-state index contributed by atoms with van der Waals surface area (Å²) in [5, 5.41) is 2.67. The summed E-state index contributed by atoms with van der Waals surface area (Å²) >= 11 is 0. The van der Waals surface area contributed by atoms with Crippen LogP contribution < -0.4 is 10.1 Å². The minimum Gasteiger partial charge on any atom is -0.489 e. The summed E-state index contributed by atoms with van der Waals surface area (Å²) in [5.41, 5.74) is 2.56. The lowest BCUT2D eigenvalue weighted by atomic mass is 9.97. The number of nitrogens with zero attached hydrogens (tertiary/aromatic N) is 2. The van der Waals surface area contributed by atoms with E-state index in [1.807, 2.05) is 50.2 Å². The number of amides is 3. The summed E-state index contributed by atoms with van der Waals surface area (Å²) < 4.78 is 11.1. The lowest BCUT2D eigenvalue weighted by Gasteiger charge is -2.40. The van der Waals surface area contributed by atoms with Gasteiger partial charge in [0.05, 0.1) is 11.8 Å². The second-order valence-electron chi connectivity index (χ2n) is 12.0. The van der Waals surface area contributed by atoms with Crippen LogP contribution in [0.3, 0.4) is 0 Å². The lowest BCUT2D eigenvalue weighted by molar-refractivity contribution is -0.157. The van der Waals surface area contributed by atoms with E-state index in [1.165, 1.54) is 16.7 Å². The molecule has 0 bridgehead atoms. The Labute approximate surface area is 275 Å². The predicted octanol–water partition coefficient (Wildman–Crippen LogP) is 4.53. The molecule has 1 aliphatic rings. The van der Waals surface area contributed by atoms with Gasteiger partial charge in [-0.05, 0) is 43.0 Å². The Balaban J connectivity index is 1.64. The first-order valence-corrected chi connectivity index (χ1v) is 15.6. The zero-order chi connectivity index (χ0) is 34.1. The third-order valence-corrected chi connectivity index (χ3v) is 7.52. The molecule has 1 aliphatic heterocycles. The molecule has 3 aromatic carbocycles. The van der Waals surface area contributed by atoms with Gasteiger partial charge in [0.15, 0.2) is 0 Å². The Kier molecular flexibility index (Phi) is 11.7. The first kappa shape index (κ1) is 34.6. The van der Waals surface area contributed by atoms with E-state index in [1.54, 1.807) is 68.6 Å². The van der Waals surface area contributed by atoms with E-state index in [-0.39, 0.29) is 18.2 Å². The van der Waals surface area contributed by atoms with Gasteiger partial charge in [0.1, 0.15) is 31.0 Å². The van der Waals surface area contributed by atoms with E-state index in [2.05, 4.69) is 5.32 Å². The molecule has 47 heavy (non-hydrogen) atoms. The van der Waals surface area contributed by atoms with Crippen LogP contribution in [-0.2, 0) is 41.7 Å². The Morgan fingerprint density at radius 2 is 1.49 bits per heavy atom. The molecule has 3 amide bonds. The zero-order valence-corrected chi connectivity index (χ0v) is 27.3. The minimum absolute atomic E-state index is 0.0444. The number of nitrogens with one attached hydrogen (secondary N) is 1. The van der Waals surface area contributed by atoms with E-state index >= 15 is 0 Å². The summed E-state index contributed by atoms with van der Waals surface area (Å²) in [6.45, 7) is 8.14. The fourth-order valence-corrected chi connectivity index (χ4v) is 5.31. The van der Waals surface area contributed by atoms with Crippen LogP contribution in [0.5, 0.6) is 5.75 Å². The molecule has 2 atom stereocenters. The van der Waals surface area contributed by atoms with Crippen molar-refractivity contribution < 1.29 is 33.4 Å². The van der Waals surface area contributed by atoms with Gasteiger partial charge < -0.3 is 19.7 Å².